The van der Waals surface area contributed by atoms with Gasteiger partial charge in [-0.25, -0.2) is 4.68 Å². The molecule has 37 heavy (non-hydrogen) atoms. The third-order valence-electron chi connectivity index (χ3n) is 6.28. The maximum absolute atomic E-state index is 12.5. The van der Waals surface area contributed by atoms with Gasteiger partial charge < -0.3 is 15.4 Å². The molecule has 0 aliphatic carbocycles. The molecule has 0 unspecified atom stereocenters. The lowest BCUT2D eigenvalue weighted by Gasteiger charge is -2.28. The molecule has 1 saturated heterocycles. The van der Waals surface area contributed by atoms with Crippen molar-refractivity contribution >= 4 is 6.21 Å². The second kappa shape index (κ2) is 14.6. The number of hydrogen-bond acceptors (Lipinski definition) is 6. The van der Waals surface area contributed by atoms with Crippen molar-refractivity contribution < 1.29 is 4.74 Å². The maximum Gasteiger partial charge on any atom is 0.267 e. The van der Waals surface area contributed by atoms with E-state index in [1.165, 1.54) is 16.9 Å². The lowest BCUT2D eigenvalue weighted by Crippen LogP contribution is -2.32. The van der Waals surface area contributed by atoms with Gasteiger partial charge in [-0.3, -0.25) is 9.79 Å². The van der Waals surface area contributed by atoms with Crippen molar-refractivity contribution in [3.63, 3.8) is 0 Å². The Morgan fingerprint density at radius 2 is 2.11 bits per heavy atom. The molecular formula is C30H37N5O2. The molecule has 2 heterocycles. The van der Waals surface area contributed by atoms with Crippen LogP contribution in [-0.2, 0) is 11.3 Å². The average molecular weight is 500 g/mol. The Labute approximate surface area is 220 Å². The van der Waals surface area contributed by atoms with Gasteiger partial charge >= 0.3 is 0 Å². The highest BCUT2D eigenvalue weighted by molar-refractivity contribution is 5.75. The third-order valence-corrected chi connectivity index (χ3v) is 6.28. The summed E-state index contributed by atoms with van der Waals surface area (Å²) in [6.07, 6.45) is 17.7. The molecule has 0 saturated carbocycles. The van der Waals surface area contributed by atoms with Crippen LogP contribution in [0.2, 0.25) is 0 Å². The van der Waals surface area contributed by atoms with Crippen LogP contribution in [0.4, 0.5) is 0 Å². The van der Waals surface area contributed by atoms with Crippen molar-refractivity contribution in [2.75, 3.05) is 33.3 Å². The fourth-order valence-corrected chi connectivity index (χ4v) is 4.11. The monoisotopic (exact) mass is 499 g/mol. The Morgan fingerprint density at radius 3 is 2.84 bits per heavy atom. The highest BCUT2D eigenvalue weighted by Crippen LogP contribution is 2.18. The number of likely N-dealkylation sites (tertiary alicyclic amines) is 1. The molecule has 1 fully saturated rings. The second-order valence-corrected chi connectivity index (χ2v) is 9.17. The number of benzene rings is 1. The molecule has 0 radical (unpaired) electrons. The van der Waals surface area contributed by atoms with Crippen LogP contribution >= 0.6 is 0 Å². The summed E-state index contributed by atoms with van der Waals surface area (Å²) >= 11 is 0. The van der Waals surface area contributed by atoms with E-state index in [9.17, 15) is 4.79 Å². The van der Waals surface area contributed by atoms with E-state index in [1.54, 1.807) is 12.3 Å². The summed E-state index contributed by atoms with van der Waals surface area (Å²) in [6.45, 7) is 5.78. The number of aromatic nitrogens is 2. The minimum atomic E-state index is -0.162. The molecule has 7 nitrogen and oxygen atoms in total. The fourth-order valence-electron chi connectivity index (χ4n) is 4.11. The van der Waals surface area contributed by atoms with E-state index < -0.39 is 0 Å². The zero-order chi connectivity index (χ0) is 26.5. The largest absolute Gasteiger partial charge is 0.490 e. The summed E-state index contributed by atoms with van der Waals surface area (Å²) in [5.41, 5.74) is 8.89. The zero-order valence-electron chi connectivity index (χ0n) is 21.8. The van der Waals surface area contributed by atoms with E-state index in [1.807, 2.05) is 43.3 Å². The van der Waals surface area contributed by atoms with Crippen LogP contribution in [-0.4, -0.2) is 54.2 Å². The summed E-state index contributed by atoms with van der Waals surface area (Å²) in [4.78, 5) is 19.3. The predicted octanol–water partition coefficient (Wildman–Crippen LogP) is 4.01. The van der Waals surface area contributed by atoms with Gasteiger partial charge in [0.15, 0.2) is 5.76 Å². The first-order valence-corrected chi connectivity index (χ1v) is 12.7. The predicted molar refractivity (Wildman–Crippen MR) is 151 cm³/mol. The number of piperidine rings is 1. The van der Waals surface area contributed by atoms with E-state index in [4.69, 9.17) is 16.9 Å². The Kier molecular flexibility index (Phi) is 10.9. The van der Waals surface area contributed by atoms with Crippen LogP contribution in [0, 0.1) is 18.3 Å². The number of aliphatic imine (C=N–C) groups is 1. The standard InChI is InChI=1S/C30H37N5O2/c1-4-8-25(10-7-16-32-21-28(20-31)37-23-26-14-17-34(3)18-15-26)22-35-30(36)13-12-29(33-35)27-11-6-9-24(5-2)19-27/h2,4,6,8-13,19-21,26H,7,14-18,22-23,31H2,1,3H3/b8-4-,25-10+,28-20+,32-21-. The third kappa shape index (κ3) is 8.93. The first-order valence-electron chi connectivity index (χ1n) is 12.7. The highest BCUT2D eigenvalue weighted by Gasteiger charge is 2.17. The molecule has 7 heteroatoms. The van der Waals surface area contributed by atoms with E-state index in [2.05, 4.69) is 34.0 Å². The molecule has 1 aromatic carbocycles. The summed E-state index contributed by atoms with van der Waals surface area (Å²) in [6, 6.07) is 10.8. The second-order valence-electron chi connectivity index (χ2n) is 9.17. The molecule has 2 N–H and O–H groups in total. The van der Waals surface area contributed by atoms with E-state index in [0.29, 0.717) is 43.5 Å². The molecule has 0 spiro atoms. The Morgan fingerprint density at radius 1 is 1.30 bits per heavy atom. The Balaban J connectivity index is 1.57. The molecule has 3 rings (SSSR count). The molecule has 1 aromatic heterocycles. The number of ether oxygens (including phenoxy) is 1. The van der Waals surface area contributed by atoms with Gasteiger partial charge in [-0.15, -0.1) is 6.42 Å². The van der Waals surface area contributed by atoms with Crippen molar-refractivity contribution in [1.82, 2.24) is 14.7 Å². The molecule has 0 atom stereocenters. The number of nitrogens with two attached hydrogens (primary N) is 1. The van der Waals surface area contributed by atoms with Crippen molar-refractivity contribution in [1.29, 1.82) is 0 Å². The quantitative estimate of drug-likeness (QED) is 0.166. The van der Waals surface area contributed by atoms with Gasteiger partial charge in [0.2, 0.25) is 0 Å². The van der Waals surface area contributed by atoms with E-state index >= 15 is 0 Å². The molecule has 194 valence electrons. The van der Waals surface area contributed by atoms with Crippen LogP contribution in [0.5, 0.6) is 0 Å². The Bertz CT molecular complexity index is 1240. The smallest absolute Gasteiger partial charge is 0.267 e. The summed E-state index contributed by atoms with van der Waals surface area (Å²) in [5.74, 6) is 3.79. The first kappa shape index (κ1) is 27.7. The molecule has 1 aliphatic heterocycles. The van der Waals surface area contributed by atoms with Crippen molar-refractivity contribution in [2.24, 2.45) is 16.6 Å². The number of allylic oxidation sites excluding steroid dienone is 4. The maximum atomic E-state index is 12.5. The minimum absolute atomic E-state index is 0.162. The van der Waals surface area contributed by atoms with Crippen LogP contribution < -0.4 is 11.3 Å². The molecule has 2 aromatic rings. The van der Waals surface area contributed by atoms with Gasteiger partial charge in [-0.05, 0) is 76.0 Å². The van der Waals surface area contributed by atoms with Gasteiger partial charge in [0.25, 0.3) is 5.56 Å². The highest BCUT2D eigenvalue weighted by atomic mass is 16.5. The number of rotatable bonds is 11. The van der Waals surface area contributed by atoms with Crippen molar-refractivity contribution in [3.8, 4) is 23.6 Å². The van der Waals surface area contributed by atoms with Gasteiger partial charge in [0.1, 0.15) is 0 Å². The fraction of sp³-hybridized carbons (Fsp3) is 0.367. The Hall–Kier alpha value is -3.89. The first-order chi connectivity index (χ1) is 18.0. The average Bonchev–Trinajstić information content (AvgIpc) is 2.92. The van der Waals surface area contributed by atoms with Crippen LogP contribution in [0.3, 0.4) is 0 Å². The molecule has 1 aliphatic rings. The van der Waals surface area contributed by atoms with Gasteiger partial charge in [-0.1, -0.05) is 36.3 Å². The lowest BCUT2D eigenvalue weighted by atomic mass is 9.98. The minimum Gasteiger partial charge on any atom is -0.490 e. The van der Waals surface area contributed by atoms with Crippen LogP contribution in [0.25, 0.3) is 11.3 Å². The summed E-state index contributed by atoms with van der Waals surface area (Å²) in [7, 11) is 2.15. The van der Waals surface area contributed by atoms with Crippen molar-refractivity contribution in [2.45, 2.75) is 32.7 Å². The number of terminal acetylenes is 1. The zero-order valence-corrected chi connectivity index (χ0v) is 21.8. The van der Waals surface area contributed by atoms with Gasteiger partial charge in [0, 0.05) is 29.9 Å². The van der Waals surface area contributed by atoms with Crippen LogP contribution in [0.15, 0.2) is 81.9 Å². The topological polar surface area (TPSA) is 85.7 Å². The van der Waals surface area contributed by atoms with E-state index in [-0.39, 0.29) is 5.56 Å². The van der Waals surface area contributed by atoms with Gasteiger partial charge in [-0.2, -0.15) is 5.10 Å². The molecule has 0 bridgehead atoms. The number of nitrogens with zero attached hydrogens (tertiary/aromatic N) is 4. The molecule has 0 amide bonds. The lowest BCUT2D eigenvalue weighted by molar-refractivity contribution is 0.126. The van der Waals surface area contributed by atoms with Gasteiger partial charge in [0.05, 0.1) is 25.1 Å². The van der Waals surface area contributed by atoms with E-state index in [0.717, 1.165) is 42.6 Å². The molecular weight excluding hydrogens is 462 g/mol. The normalized spacial score (nSPS) is 15.9. The summed E-state index contributed by atoms with van der Waals surface area (Å²) < 4.78 is 7.34. The van der Waals surface area contributed by atoms with Crippen LogP contribution in [0.1, 0.15) is 31.7 Å². The van der Waals surface area contributed by atoms with Crippen molar-refractivity contribution in [3.05, 3.63) is 88.1 Å². The summed E-state index contributed by atoms with van der Waals surface area (Å²) in [5, 5.41) is 4.57. The SMILES string of the molecule is C#Cc1cccc(-c2ccc(=O)n(CC(/C=C\C)=C/CC/N=C\C(=C/N)OCC3CCN(C)CC3)n2)c1. The number of hydrogen-bond donors (Lipinski definition) is 1.